The van der Waals surface area contributed by atoms with Crippen molar-refractivity contribution < 1.29 is 0 Å². The summed E-state index contributed by atoms with van der Waals surface area (Å²) < 4.78 is 0. The smallest absolute Gasteiger partial charge is 0.0798 e. The lowest BCUT2D eigenvalue weighted by Gasteiger charge is -2.46. The van der Waals surface area contributed by atoms with Crippen molar-refractivity contribution in [3.63, 3.8) is 0 Å². The zero-order valence-corrected chi connectivity index (χ0v) is 14.2. The molecule has 0 unspecified atom stereocenters. The molecule has 1 aliphatic rings. The quantitative estimate of drug-likeness (QED) is 0.905. The molecule has 0 spiro atoms. The fraction of sp³-hybridized carbons (Fsp3) is 0.812. The van der Waals surface area contributed by atoms with Crippen LogP contribution in [0.5, 0.6) is 0 Å². The number of thiazole rings is 1. The molecule has 0 aromatic carbocycles. The van der Waals surface area contributed by atoms with E-state index in [1.807, 2.05) is 5.51 Å². The molecule has 0 saturated heterocycles. The molecule has 114 valence electrons. The summed E-state index contributed by atoms with van der Waals surface area (Å²) in [7, 11) is 2.24. The van der Waals surface area contributed by atoms with Crippen LogP contribution in [0.15, 0.2) is 5.51 Å². The highest BCUT2D eigenvalue weighted by atomic mass is 32.1. The third-order valence-corrected chi connectivity index (χ3v) is 6.24. The van der Waals surface area contributed by atoms with Crippen LogP contribution in [0.1, 0.15) is 50.1 Å². The Labute approximate surface area is 127 Å². The predicted molar refractivity (Wildman–Crippen MR) is 86.9 cm³/mol. The zero-order valence-electron chi connectivity index (χ0n) is 13.4. The van der Waals surface area contributed by atoms with Crippen molar-refractivity contribution in [1.29, 1.82) is 0 Å². The van der Waals surface area contributed by atoms with E-state index in [1.165, 1.54) is 36.3 Å². The molecule has 1 fully saturated rings. The molecule has 1 aromatic heterocycles. The van der Waals surface area contributed by atoms with Gasteiger partial charge in [-0.3, -0.25) is 4.90 Å². The molecule has 0 bridgehead atoms. The Kier molecular flexibility index (Phi) is 5.21. The van der Waals surface area contributed by atoms with Gasteiger partial charge in [-0.15, -0.1) is 11.3 Å². The normalized spacial score (nSPS) is 27.4. The Morgan fingerprint density at radius 1 is 1.45 bits per heavy atom. The molecule has 0 aliphatic heterocycles. The van der Waals surface area contributed by atoms with E-state index in [-0.39, 0.29) is 5.54 Å². The van der Waals surface area contributed by atoms with Crippen molar-refractivity contribution in [2.24, 2.45) is 17.6 Å². The van der Waals surface area contributed by atoms with Crippen molar-refractivity contribution in [2.45, 2.75) is 58.5 Å². The summed E-state index contributed by atoms with van der Waals surface area (Å²) in [6.07, 6.45) is 5.11. The molecule has 1 aromatic rings. The fourth-order valence-corrected chi connectivity index (χ4v) is 4.28. The first kappa shape index (κ1) is 15.9. The number of likely N-dealkylation sites (N-methyl/N-ethyl adjacent to an activating group) is 1. The number of aryl methyl sites for hydroxylation is 1. The van der Waals surface area contributed by atoms with Crippen molar-refractivity contribution in [3.8, 4) is 0 Å². The lowest BCUT2D eigenvalue weighted by molar-refractivity contribution is 0.0503. The monoisotopic (exact) mass is 295 g/mol. The molecular formula is C16H29N3S. The minimum atomic E-state index is 0.196. The van der Waals surface area contributed by atoms with Crippen LogP contribution >= 0.6 is 11.3 Å². The van der Waals surface area contributed by atoms with E-state index in [1.54, 1.807) is 11.3 Å². The van der Waals surface area contributed by atoms with Crippen LogP contribution in [0.3, 0.4) is 0 Å². The molecule has 0 atom stereocenters. The minimum Gasteiger partial charge on any atom is -0.329 e. The maximum atomic E-state index is 6.17. The first-order valence-electron chi connectivity index (χ1n) is 7.79. The number of nitrogens with zero attached hydrogens (tertiary/aromatic N) is 2. The molecule has 1 saturated carbocycles. The zero-order chi connectivity index (χ0) is 14.8. The van der Waals surface area contributed by atoms with Gasteiger partial charge in [-0.2, -0.15) is 0 Å². The average molecular weight is 295 g/mol. The van der Waals surface area contributed by atoms with Gasteiger partial charge in [0, 0.05) is 23.5 Å². The van der Waals surface area contributed by atoms with E-state index in [0.29, 0.717) is 0 Å². The molecule has 4 heteroatoms. The molecule has 2 rings (SSSR count). The van der Waals surface area contributed by atoms with E-state index >= 15 is 0 Å². The molecule has 2 N–H and O–H groups in total. The molecule has 1 aliphatic carbocycles. The Bertz CT molecular complexity index is 419. The molecular weight excluding hydrogens is 266 g/mol. The summed E-state index contributed by atoms with van der Waals surface area (Å²) in [6.45, 7) is 8.56. The summed E-state index contributed by atoms with van der Waals surface area (Å²) in [5.74, 6) is 1.69. The molecule has 3 nitrogen and oxygen atoms in total. The van der Waals surface area contributed by atoms with Gasteiger partial charge >= 0.3 is 0 Å². The lowest BCUT2D eigenvalue weighted by atomic mass is 9.72. The predicted octanol–water partition coefficient (Wildman–Crippen LogP) is 3.43. The fourth-order valence-electron chi connectivity index (χ4n) is 3.45. The third kappa shape index (κ3) is 3.23. The summed E-state index contributed by atoms with van der Waals surface area (Å²) in [5, 5.41) is 0. The second-order valence-electron chi connectivity index (χ2n) is 6.73. The maximum absolute atomic E-state index is 6.17. The highest BCUT2D eigenvalue weighted by Crippen LogP contribution is 2.39. The highest BCUT2D eigenvalue weighted by molar-refractivity contribution is 7.09. The van der Waals surface area contributed by atoms with Gasteiger partial charge < -0.3 is 5.73 Å². The van der Waals surface area contributed by atoms with Gasteiger partial charge in [-0.05, 0) is 51.5 Å². The largest absolute Gasteiger partial charge is 0.329 e. The van der Waals surface area contributed by atoms with E-state index in [4.69, 9.17) is 5.73 Å². The van der Waals surface area contributed by atoms with Crippen molar-refractivity contribution in [3.05, 3.63) is 16.1 Å². The van der Waals surface area contributed by atoms with Gasteiger partial charge in [0.05, 0.1) is 11.2 Å². The van der Waals surface area contributed by atoms with Crippen molar-refractivity contribution in [2.75, 3.05) is 13.6 Å². The molecule has 0 radical (unpaired) electrons. The summed E-state index contributed by atoms with van der Waals surface area (Å²) in [6, 6.07) is 0. The number of aromatic nitrogens is 1. The van der Waals surface area contributed by atoms with Crippen molar-refractivity contribution in [1.82, 2.24) is 9.88 Å². The van der Waals surface area contributed by atoms with Gasteiger partial charge in [0.2, 0.25) is 0 Å². The number of hydrogen-bond acceptors (Lipinski definition) is 4. The first-order chi connectivity index (χ1) is 9.48. The topological polar surface area (TPSA) is 42.2 Å². The highest BCUT2D eigenvalue weighted by Gasteiger charge is 2.38. The Morgan fingerprint density at radius 2 is 2.10 bits per heavy atom. The molecule has 0 amide bonds. The maximum Gasteiger partial charge on any atom is 0.0798 e. The van der Waals surface area contributed by atoms with Gasteiger partial charge in [-0.1, -0.05) is 13.8 Å². The van der Waals surface area contributed by atoms with E-state index in [0.717, 1.165) is 24.9 Å². The second-order valence-corrected chi connectivity index (χ2v) is 7.67. The number of nitrogens with two attached hydrogens (primary N) is 1. The summed E-state index contributed by atoms with van der Waals surface area (Å²) in [4.78, 5) is 8.23. The van der Waals surface area contributed by atoms with Crippen LogP contribution in [-0.4, -0.2) is 29.0 Å². The van der Waals surface area contributed by atoms with Crippen molar-refractivity contribution >= 4 is 11.3 Å². The lowest BCUT2D eigenvalue weighted by Crippen LogP contribution is -2.54. The van der Waals surface area contributed by atoms with Crippen LogP contribution in [-0.2, 0) is 6.54 Å². The van der Waals surface area contributed by atoms with E-state index < -0.39 is 0 Å². The third-order valence-electron chi connectivity index (χ3n) is 5.32. The van der Waals surface area contributed by atoms with Gasteiger partial charge in [0.25, 0.3) is 0 Å². The Balaban J connectivity index is 2.02. The van der Waals surface area contributed by atoms with Crippen LogP contribution < -0.4 is 5.73 Å². The van der Waals surface area contributed by atoms with Crippen LogP contribution in [0, 0.1) is 18.8 Å². The SMILES string of the molecule is Cc1ncsc1CN(C)C1(CN)CCC(C(C)C)CC1. The molecule has 1 heterocycles. The van der Waals surface area contributed by atoms with Gasteiger partial charge in [0.1, 0.15) is 0 Å². The van der Waals surface area contributed by atoms with Gasteiger partial charge in [0.15, 0.2) is 0 Å². The van der Waals surface area contributed by atoms with Crippen LogP contribution in [0.25, 0.3) is 0 Å². The summed E-state index contributed by atoms with van der Waals surface area (Å²) in [5.41, 5.74) is 9.49. The Morgan fingerprint density at radius 3 is 2.55 bits per heavy atom. The standard InChI is InChI=1S/C16H29N3S/c1-12(2)14-5-7-16(10-17,8-6-14)19(4)9-15-13(3)18-11-20-15/h11-12,14H,5-10,17H2,1-4H3. The Hall–Kier alpha value is -0.450. The van der Waals surface area contributed by atoms with Crippen LogP contribution in [0.2, 0.25) is 0 Å². The minimum absolute atomic E-state index is 0.196. The number of hydrogen-bond donors (Lipinski definition) is 1. The van der Waals surface area contributed by atoms with Crippen LogP contribution in [0.4, 0.5) is 0 Å². The average Bonchev–Trinajstić information content (AvgIpc) is 2.84. The van der Waals surface area contributed by atoms with E-state index in [9.17, 15) is 0 Å². The van der Waals surface area contributed by atoms with Gasteiger partial charge in [-0.25, -0.2) is 4.98 Å². The number of rotatable bonds is 5. The second kappa shape index (κ2) is 6.54. The summed E-state index contributed by atoms with van der Waals surface area (Å²) >= 11 is 1.76. The first-order valence-corrected chi connectivity index (χ1v) is 8.67. The van der Waals surface area contributed by atoms with E-state index in [2.05, 4.69) is 37.7 Å². The molecule has 20 heavy (non-hydrogen) atoms.